The molecule has 8 heteroatoms. The van der Waals surface area contributed by atoms with E-state index in [4.69, 9.17) is 10.5 Å². The quantitative estimate of drug-likeness (QED) is 0.463. The monoisotopic (exact) mass is 360 g/mol. The topological polar surface area (TPSA) is 107 Å². The molecule has 0 radical (unpaired) electrons. The Bertz CT molecular complexity index is 775. The largest absolute Gasteiger partial charge is 0.462 e. The summed E-state index contributed by atoms with van der Waals surface area (Å²) in [4.78, 5) is 31.9. The number of nitrogens with one attached hydrogen (secondary N) is 1. The van der Waals surface area contributed by atoms with E-state index < -0.39 is 5.97 Å². The summed E-state index contributed by atoms with van der Waals surface area (Å²) in [5, 5.41) is 3.21. The summed E-state index contributed by atoms with van der Waals surface area (Å²) in [6, 6.07) is 5.82. The molecular weight excluding hydrogens is 340 g/mol. The average molecular weight is 360 g/mol. The van der Waals surface area contributed by atoms with Crippen LogP contribution in [0.3, 0.4) is 0 Å². The van der Waals surface area contributed by atoms with Gasteiger partial charge in [-0.2, -0.15) is 0 Å². The molecular formula is C17H20N4O3S. The fraction of sp³-hybridized carbons (Fsp3) is 0.294. The fourth-order valence-corrected chi connectivity index (χ4v) is 2.75. The number of hydrogen-bond donors (Lipinski definition) is 2. The first-order valence-electron chi connectivity index (χ1n) is 7.70. The average Bonchev–Trinajstić information content (AvgIpc) is 2.56. The van der Waals surface area contributed by atoms with E-state index in [1.807, 2.05) is 32.0 Å². The highest BCUT2D eigenvalue weighted by Gasteiger charge is 2.15. The van der Waals surface area contributed by atoms with E-state index in [-0.39, 0.29) is 29.6 Å². The van der Waals surface area contributed by atoms with Crippen LogP contribution in [0.15, 0.2) is 29.6 Å². The molecule has 2 aromatic rings. The van der Waals surface area contributed by atoms with Crippen LogP contribution in [0.4, 0.5) is 11.5 Å². The zero-order valence-corrected chi connectivity index (χ0v) is 15.1. The molecule has 0 unspecified atom stereocenters. The molecule has 3 N–H and O–H groups in total. The molecule has 1 aromatic heterocycles. The van der Waals surface area contributed by atoms with Gasteiger partial charge >= 0.3 is 5.97 Å². The number of aryl methyl sites for hydroxylation is 2. The highest BCUT2D eigenvalue weighted by Crippen LogP contribution is 2.21. The van der Waals surface area contributed by atoms with Crippen LogP contribution in [0, 0.1) is 13.8 Å². The second kappa shape index (κ2) is 8.48. The summed E-state index contributed by atoms with van der Waals surface area (Å²) >= 11 is 1.14. The highest BCUT2D eigenvalue weighted by atomic mass is 32.2. The lowest BCUT2D eigenvalue weighted by molar-refractivity contribution is -0.113. The number of ether oxygens (including phenoxy) is 1. The second-order valence-electron chi connectivity index (χ2n) is 5.28. The van der Waals surface area contributed by atoms with Crippen molar-refractivity contribution in [2.75, 3.05) is 23.4 Å². The third-order valence-corrected chi connectivity index (χ3v) is 4.23. The fourth-order valence-electron chi connectivity index (χ4n) is 2.13. The third kappa shape index (κ3) is 4.93. The van der Waals surface area contributed by atoms with Crippen LogP contribution in [0.2, 0.25) is 0 Å². The number of carbonyl (C=O) groups is 2. The Balaban J connectivity index is 1.98. The van der Waals surface area contributed by atoms with E-state index in [9.17, 15) is 9.59 Å². The Hall–Kier alpha value is -2.61. The van der Waals surface area contributed by atoms with Crippen LogP contribution in [0.5, 0.6) is 0 Å². The van der Waals surface area contributed by atoms with Crippen LogP contribution in [-0.2, 0) is 9.53 Å². The molecule has 0 aliphatic heterocycles. The first-order chi connectivity index (χ1) is 11.9. The van der Waals surface area contributed by atoms with E-state index in [0.29, 0.717) is 5.16 Å². The smallest absolute Gasteiger partial charge is 0.343 e. The number of benzene rings is 1. The molecule has 1 amide bonds. The lowest BCUT2D eigenvalue weighted by Gasteiger charge is -2.11. The van der Waals surface area contributed by atoms with Gasteiger partial charge in [0.2, 0.25) is 5.91 Å². The molecule has 0 saturated heterocycles. The number of thioether (sulfide) groups is 1. The van der Waals surface area contributed by atoms with Crippen molar-refractivity contribution in [1.82, 2.24) is 9.97 Å². The molecule has 0 aliphatic carbocycles. The number of esters is 1. The summed E-state index contributed by atoms with van der Waals surface area (Å²) in [6.07, 6.45) is 1.31. The van der Waals surface area contributed by atoms with E-state index in [1.54, 1.807) is 6.92 Å². The Morgan fingerprint density at radius 3 is 2.56 bits per heavy atom. The molecule has 2 rings (SSSR count). The van der Waals surface area contributed by atoms with Crippen LogP contribution >= 0.6 is 11.8 Å². The number of amides is 1. The molecule has 0 spiro atoms. The van der Waals surface area contributed by atoms with Crippen molar-refractivity contribution in [3.05, 3.63) is 41.1 Å². The minimum Gasteiger partial charge on any atom is -0.462 e. The van der Waals surface area contributed by atoms with E-state index in [1.165, 1.54) is 6.20 Å². The van der Waals surface area contributed by atoms with Crippen molar-refractivity contribution in [2.24, 2.45) is 0 Å². The molecule has 25 heavy (non-hydrogen) atoms. The first kappa shape index (κ1) is 18.7. The predicted octanol–water partition coefficient (Wildman–Crippen LogP) is 2.58. The van der Waals surface area contributed by atoms with Crippen molar-refractivity contribution in [2.45, 2.75) is 25.9 Å². The van der Waals surface area contributed by atoms with Gasteiger partial charge < -0.3 is 15.8 Å². The summed E-state index contributed by atoms with van der Waals surface area (Å²) in [5.74, 6) is -0.569. The Morgan fingerprint density at radius 1 is 1.28 bits per heavy atom. The Kier molecular flexibility index (Phi) is 6.35. The van der Waals surface area contributed by atoms with Crippen LogP contribution in [0.25, 0.3) is 0 Å². The van der Waals surface area contributed by atoms with E-state index in [2.05, 4.69) is 15.3 Å². The van der Waals surface area contributed by atoms with Gasteiger partial charge in [-0.3, -0.25) is 4.79 Å². The van der Waals surface area contributed by atoms with Crippen molar-refractivity contribution < 1.29 is 14.3 Å². The van der Waals surface area contributed by atoms with Gasteiger partial charge in [0.1, 0.15) is 11.4 Å². The van der Waals surface area contributed by atoms with Gasteiger partial charge in [0, 0.05) is 11.9 Å². The van der Waals surface area contributed by atoms with Crippen LogP contribution in [0.1, 0.15) is 28.4 Å². The molecule has 0 aliphatic rings. The van der Waals surface area contributed by atoms with Crippen molar-refractivity contribution >= 4 is 35.1 Å². The van der Waals surface area contributed by atoms with Gasteiger partial charge in [-0.15, -0.1) is 0 Å². The zero-order valence-electron chi connectivity index (χ0n) is 14.3. The standard InChI is InChI=1S/C17H20N4O3S/c1-4-24-16(23)12-8-19-17(21-15(12)18)25-9-13(22)20-14-10(2)6-5-7-11(14)3/h5-8H,4,9H2,1-3H3,(H,20,22)(H2,18,19,21). The number of carbonyl (C=O) groups excluding carboxylic acids is 2. The number of nitrogen functional groups attached to an aromatic ring is 1. The van der Waals surface area contributed by atoms with Crippen LogP contribution in [-0.4, -0.2) is 34.2 Å². The van der Waals surface area contributed by atoms with Gasteiger partial charge in [-0.1, -0.05) is 30.0 Å². The maximum atomic E-state index is 12.1. The Labute approximate surface area is 150 Å². The molecule has 0 atom stereocenters. The summed E-state index contributed by atoms with van der Waals surface area (Å²) < 4.78 is 4.87. The highest BCUT2D eigenvalue weighted by molar-refractivity contribution is 7.99. The summed E-state index contributed by atoms with van der Waals surface area (Å²) in [7, 11) is 0. The number of nitrogens with two attached hydrogens (primary N) is 1. The van der Waals surface area contributed by atoms with Gasteiger partial charge in [0.05, 0.1) is 12.4 Å². The maximum absolute atomic E-state index is 12.1. The second-order valence-corrected chi connectivity index (χ2v) is 6.22. The van der Waals surface area contributed by atoms with Crippen molar-refractivity contribution in [3.63, 3.8) is 0 Å². The third-order valence-electron chi connectivity index (χ3n) is 3.37. The molecule has 0 saturated carbocycles. The SMILES string of the molecule is CCOC(=O)c1cnc(SCC(=O)Nc2c(C)cccc2C)nc1N. The predicted molar refractivity (Wildman–Crippen MR) is 97.7 cm³/mol. The minimum absolute atomic E-state index is 0.0334. The number of anilines is 2. The van der Waals surface area contributed by atoms with Crippen LogP contribution < -0.4 is 11.1 Å². The molecule has 7 nitrogen and oxygen atoms in total. The number of hydrogen-bond acceptors (Lipinski definition) is 7. The zero-order chi connectivity index (χ0) is 18.4. The molecule has 1 aromatic carbocycles. The summed E-state index contributed by atoms with van der Waals surface area (Å²) in [6.45, 7) is 5.82. The van der Waals surface area contributed by atoms with E-state index in [0.717, 1.165) is 28.6 Å². The van der Waals surface area contributed by atoms with Gasteiger partial charge in [-0.25, -0.2) is 14.8 Å². The number of aromatic nitrogens is 2. The lowest BCUT2D eigenvalue weighted by Crippen LogP contribution is -2.16. The van der Waals surface area contributed by atoms with Gasteiger partial charge in [-0.05, 0) is 31.9 Å². The van der Waals surface area contributed by atoms with Gasteiger partial charge in [0.25, 0.3) is 0 Å². The molecule has 132 valence electrons. The summed E-state index contributed by atoms with van der Waals surface area (Å²) in [5.41, 5.74) is 8.68. The van der Waals surface area contributed by atoms with Gasteiger partial charge in [0.15, 0.2) is 5.16 Å². The molecule has 0 bridgehead atoms. The minimum atomic E-state index is -0.565. The maximum Gasteiger partial charge on any atom is 0.343 e. The van der Waals surface area contributed by atoms with E-state index >= 15 is 0 Å². The normalized spacial score (nSPS) is 10.4. The van der Waals surface area contributed by atoms with Crippen molar-refractivity contribution in [3.8, 4) is 0 Å². The number of rotatable bonds is 6. The first-order valence-corrected chi connectivity index (χ1v) is 8.69. The molecule has 0 fully saturated rings. The lowest BCUT2D eigenvalue weighted by atomic mass is 10.1. The number of nitrogens with zero attached hydrogens (tertiary/aromatic N) is 2. The van der Waals surface area contributed by atoms with Crippen molar-refractivity contribution in [1.29, 1.82) is 0 Å². The molecule has 1 heterocycles. The number of para-hydroxylation sites is 1. The Morgan fingerprint density at radius 2 is 1.96 bits per heavy atom.